The van der Waals surface area contributed by atoms with E-state index in [2.05, 4.69) is 24.4 Å². The molecule has 90 valence electrons. The molecule has 0 bridgehead atoms. The third-order valence-electron chi connectivity index (χ3n) is 2.03. The van der Waals surface area contributed by atoms with Crippen molar-refractivity contribution >= 4 is 17.2 Å². The molecule has 0 atom stereocenters. The minimum Gasteiger partial charge on any atom is -0.370 e. The first-order valence-corrected chi connectivity index (χ1v) is 6.18. The van der Waals surface area contributed by atoms with Gasteiger partial charge in [0.25, 0.3) is 0 Å². The van der Waals surface area contributed by atoms with Gasteiger partial charge in [-0.25, -0.2) is 0 Å². The zero-order valence-electron chi connectivity index (χ0n) is 9.49. The van der Waals surface area contributed by atoms with Crippen LogP contribution >= 0.6 is 11.3 Å². The number of ether oxygens (including phenoxy) is 1. The molecule has 4 nitrogen and oxygen atoms in total. The van der Waals surface area contributed by atoms with Gasteiger partial charge in [-0.05, 0) is 18.6 Å². The van der Waals surface area contributed by atoms with Crippen LogP contribution in [-0.4, -0.2) is 25.7 Å². The highest BCUT2D eigenvalue weighted by Gasteiger charge is 1.98. The van der Waals surface area contributed by atoms with Crippen molar-refractivity contribution < 1.29 is 9.53 Å². The zero-order valence-corrected chi connectivity index (χ0v) is 10.3. The van der Waals surface area contributed by atoms with Crippen LogP contribution in [0.1, 0.15) is 16.7 Å². The topological polar surface area (TPSA) is 64.3 Å². The van der Waals surface area contributed by atoms with Gasteiger partial charge in [-0.2, -0.15) is 0 Å². The molecule has 0 saturated carbocycles. The predicted molar refractivity (Wildman–Crippen MR) is 65.4 cm³/mol. The van der Waals surface area contributed by atoms with E-state index in [0.717, 1.165) is 19.5 Å². The smallest absolute Gasteiger partial charge is 0.243 e. The summed E-state index contributed by atoms with van der Waals surface area (Å²) >= 11 is 1.82. The van der Waals surface area contributed by atoms with Gasteiger partial charge in [-0.15, -0.1) is 11.3 Å². The van der Waals surface area contributed by atoms with E-state index in [-0.39, 0.29) is 6.61 Å². The van der Waals surface area contributed by atoms with Gasteiger partial charge in [0.1, 0.15) is 6.61 Å². The first-order valence-electron chi connectivity index (χ1n) is 5.36. The van der Waals surface area contributed by atoms with Gasteiger partial charge in [0.15, 0.2) is 0 Å². The van der Waals surface area contributed by atoms with Crippen molar-refractivity contribution in [3.8, 4) is 0 Å². The fourth-order valence-electron chi connectivity index (χ4n) is 1.24. The predicted octanol–water partition coefficient (Wildman–Crippen LogP) is 0.902. The third-order valence-corrected chi connectivity index (χ3v) is 3.26. The minimum atomic E-state index is -0.425. The fraction of sp³-hybridized carbons (Fsp3) is 0.545. The second-order valence-corrected chi connectivity index (χ2v) is 4.67. The number of primary amides is 1. The number of hydrogen-bond donors (Lipinski definition) is 2. The molecule has 1 aromatic heterocycles. The van der Waals surface area contributed by atoms with E-state index in [1.165, 1.54) is 9.75 Å². The number of amides is 1. The summed E-state index contributed by atoms with van der Waals surface area (Å²) < 4.78 is 5.03. The lowest BCUT2D eigenvalue weighted by Gasteiger charge is -2.03. The average Bonchev–Trinajstić information content (AvgIpc) is 2.70. The Labute approximate surface area is 99.8 Å². The van der Waals surface area contributed by atoms with E-state index in [9.17, 15) is 4.79 Å². The van der Waals surface area contributed by atoms with Gasteiger partial charge in [-0.1, -0.05) is 6.92 Å². The Morgan fingerprint density at radius 3 is 2.88 bits per heavy atom. The quantitative estimate of drug-likeness (QED) is 0.666. The summed E-state index contributed by atoms with van der Waals surface area (Å²) in [5.41, 5.74) is 4.93. The Balaban J connectivity index is 2.04. The minimum absolute atomic E-state index is 0.000660. The molecule has 0 unspecified atom stereocenters. The van der Waals surface area contributed by atoms with E-state index in [4.69, 9.17) is 10.5 Å². The first kappa shape index (κ1) is 13.2. The van der Waals surface area contributed by atoms with Gasteiger partial charge < -0.3 is 15.8 Å². The van der Waals surface area contributed by atoms with Crippen LogP contribution in [0.25, 0.3) is 0 Å². The number of nitrogens with one attached hydrogen (secondary N) is 1. The molecule has 0 saturated heterocycles. The molecule has 16 heavy (non-hydrogen) atoms. The molecule has 0 aliphatic rings. The number of hydrogen-bond acceptors (Lipinski definition) is 4. The molecular weight excluding hydrogens is 224 g/mol. The molecule has 1 amide bonds. The molecule has 1 rings (SSSR count). The Morgan fingerprint density at radius 1 is 1.50 bits per heavy atom. The second kappa shape index (κ2) is 7.38. The maximum Gasteiger partial charge on any atom is 0.243 e. The largest absolute Gasteiger partial charge is 0.370 e. The van der Waals surface area contributed by atoms with Crippen molar-refractivity contribution in [1.29, 1.82) is 0 Å². The SMILES string of the molecule is CCc1ccc(CNCCOCC(N)=O)s1. The summed E-state index contributed by atoms with van der Waals surface area (Å²) in [6.07, 6.45) is 1.09. The van der Waals surface area contributed by atoms with Crippen LogP contribution in [0.5, 0.6) is 0 Å². The van der Waals surface area contributed by atoms with E-state index in [0.29, 0.717) is 6.61 Å². The monoisotopic (exact) mass is 242 g/mol. The van der Waals surface area contributed by atoms with E-state index < -0.39 is 5.91 Å². The number of thiophene rings is 1. The summed E-state index contributed by atoms with van der Waals surface area (Å²) in [5.74, 6) is -0.425. The van der Waals surface area contributed by atoms with Gasteiger partial charge in [0, 0.05) is 22.8 Å². The van der Waals surface area contributed by atoms with Gasteiger partial charge >= 0.3 is 0 Å². The molecule has 0 spiro atoms. The molecule has 1 heterocycles. The Kier molecular flexibility index (Phi) is 6.07. The van der Waals surface area contributed by atoms with Crippen LogP contribution in [0.3, 0.4) is 0 Å². The molecule has 0 aliphatic heterocycles. The lowest BCUT2D eigenvalue weighted by molar-refractivity contribution is -0.122. The number of rotatable bonds is 8. The molecule has 0 radical (unpaired) electrons. The molecule has 0 fully saturated rings. The normalized spacial score (nSPS) is 10.6. The molecule has 1 aromatic rings. The van der Waals surface area contributed by atoms with Gasteiger partial charge in [0.2, 0.25) is 5.91 Å². The highest BCUT2D eigenvalue weighted by molar-refractivity contribution is 7.11. The van der Waals surface area contributed by atoms with Crippen molar-refractivity contribution in [1.82, 2.24) is 5.32 Å². The molecular formula is C11H18N2O2S. The lowest BCUT2D eigenvalue weighted by Crippen LogP contribution is -2.23. The average molecular weight is 242 g/mol. The van der Waals surface area contributed by atoms with Gasteiger partial charge in [0.05, 0.1) is 6.61 Å². The maximum absolute atomic E-state index is 10.4. The van der Waals surface area contributed by atoms with Crippen LogP contribution in [0, 0.1) is 0 Å². The molecule has 0 aromatic carbocycles. The third kappa shape index (κ3) is 5.25. The fourth-order valence-corrected chi connectivity index (χ4v) is 2.16. The van der Waals surface area contributed by atoms with E-state index in [1.807, 2.05) is 11.3 Å². The van der Waals surface area contributed by atoms with Crippen molar-refractivity contribution in [3.05, 3.63) is 21.9 Å². The van der Waals surface area contributed by atoms with Crippen LogP contribution in [0.15, 0.2) is 12.1 Å². The van der Waals surface area contributed by atoms with Gasteiger partial charge in [-0.3, -0.25) is 4.79 Å². The summed E-state index contributed by atoms with van der Waals surface area (Å²) in [6.45, 7) is 4.24. The lowest BCUT2D eigenvalue weighted by atomic mass is 10.3. The summed E-state index contributed by atoms with van der Waals surface area (Å²) in [6, 6.07) is 4.30. The van der Waals surface area contributed by atoms with Crippen LogP contribution < -0.4 is 11.1 Å². The Morgan fingerprint density at radius 2 is 2.25 bits per heavy atom. The van der Waals surface area contributed by atoms with Crippen molar-refractivity contribution in [2.24, 2.45) is 5.73 Å². The summed E-state index contributed by atoms with van der Waals surface area (Å²) in [5, 5.41) is 3.25. The number of aryl methyl sites for hydroxylation is 1. The van der Waals surface area contributed by atoms with E-state index in [1.54, 1.807) is 0 Å². The second-order valence-electron chi connectivity index (χ2n) is 3.42. The summed E-state index contributed by atoms with van der Waals surface area (Å²) in [7, 11) is 0. The van der Waals surface area contributed by atoms with Crippen molar-refractivity contribution in [2.75, 3.05) is 19.8 Å². The van der Waals surface area contributed by atoms with Crippen LogP contribution in [0.4, 0.5) is 0 Å². The standard InChI is InChI=1S/C11H18N2O2S/c1-2-9-3-4-10(16-9)7-13-5-6-15-8-11(12)14/h3-4,13H,2,5-8H2,1H3,(H2,12,14). The van der Waals surface area contributed by atoms with E-state index >= 15 is 0 Å². The molecule has 3 N–H and O–H groups in total. The number of nitrogens with two attached hydrogens (primary N) is 1. The number of carbonyl (C=O) groups is 1. The maximum atomic E-state index is 10.4. The molecule has 0 aliphatic carbocycles. The zero-order chi connectivity index (χ0) is 11.8. The highest BCUT2D eigenvalue weighted by Crippen LogP contribution is 2.16. The van der Waals surface area contributed by atoms with Crippen molar-refractivity contribution in [2.45, 2.75) is 19.9 Å². The number of carbonyl (C=O) groups excluding carboxylic acids is 1. The molecule has 5 heteroatoms. The highest BCUT2D eigenvalue weighted by atomic mass is 32.1. The first-order chi connectivity index (χ1) is 7.72. The Hall–Kier alpha value is -0.910. The van der Waals surface area contributed by atoms with Crippen LogP contribution in [-0.2, 0) is 22.5 Å². The van der Waals surface area contributed by atoms with Crippen LogP contribution in [0.2, 0.25) is 0 Å². The summed E-state index contributed by atoms with van der Waals surface area (Å²) in [4.78, 5) is 13.1. The Bertz CT molecular complexity index is 326. The van der Waals surface area contributed by atoms with Crippen molar-refractivity contribution in [3.63, 3.8) is 0 Å².